The fraction of sp³-hybridized carbons (Fsp3) is 0. The van der Waals surface area contributed by atoms with E-state index >= 15 is 0 Å². The van der Waals surface area contributed by atoms with Gasteiger partial charge in [-0.1, -0.05) is 47.6 Å². The molecule has 0 saturated carbocycles. The summed E-state index contributed by atoms with van der Waals surface area (Å²) in [4.78, 5) is 4.64. The average molecular weight is 383 g/mol. The molecule has 0 fully saturated rings. The van der Waals surface area contributed by atoms with E-state index in [9.17, 15) is 8.42 Å². The van der Waals surface area contributed by atoms with Crippen molar-refractivity contribution in [2.24, 2.45) is 0 Å². The third kappa shape index (κ3) is 3.37. The maximum absolute atomic E-state index is 12.2. The highest BCUT2D eigenvalue weighted by molar-refractivity contribution is 7.92. The summed E-state index contributed by atoms with van der Waals surface area (Å²) in [5.74, 6) is 0. The van der Waals surface area contributed by atoms with E-state index in [1.54, 1.807) is 23.5 Å². The number of rotatable bonds is 5. The standard InChI is InChI=1S/C18H13N3O3S2/c22-26(23,16-10-19-24-11-16)21-15-8-6-13(7-9-15)17-12-25-18(20-17)14-4-2-1-3-5-14/h1-12,21H. The summed E-state index contributed by atoms with van der Waals surface area (Å²) in [7, 11) is -3.70. The molecule has 2 aromatic heterocycles. The van der Waals surface area contributed by atoms with Gasteiger partial charge in [0.05, 0.1) is 11.9 Å². The van der Waals surface area contributed by atoms with Gasteiger partial charge in [0.1, 0.15) is 16.2 Å². The predicted molar refractivity (Wildman–Crippen MR) is 100 cm³/mol. The van der Waals surface area contributed by atoms with Crippen LogP contribution in [0.5, 0.6) is 0 Å². The van der Waals surface area contributed by atoms with E-state index < -0.39 is 10.0 Å². The zero-order valence-electron chi connectivity index (χ0n) is 13.4. The number of aromatic nitrogens is 2. The number of nitrogens with zero attached hydrogens (tertiary/aromatic N) is 2. The Morgan fingerprint density at radius 2 is 1.73 bits per heavy atom. The monoisotopic (exact) mass is 383 g/mol. The predicted octanol–water partition coefficient (Wildman–Crippen LogP) is 4.27. The number of benzene rings is 2. The molecule has 6 nitrogen and oxygen atoms in total. The first kappa shape index (κ1) is 16.5. The topological polar surface area (TPSA) is 85.1 Å². The quantitative estimate of drug-likeness (QED) is 0.556. The molecule has 0 aliphatic carbocycles. The second-order valence-corrected chi connectivity index (χ2v) is 7.99. The minimum atomic E-state index is -3.70. The van der Waals surface area contributed by atoms with Gasteiger partial charge in [-0.25, -0.2) is 13.4 Å². The third-order valence-electron chi connectivity index (χ3n) is 3.68. The Morgan fingerprint density at radius 1 is 0.962 bits per heavy atom. The molecule has 0 bridgehead atoms. The van der Waals surface area contributed by atoms with Crippen LogP contribution in [0.4, 0.5) is 5.69 Å². The van der Waals surface area contributed by atoms with Crippen molar-refractivity contribution >= 4 is 27.0 Å². The van der Waals surface area contributed by atoms with Crippen molar-refractivity contribution in [1.82, 2.24) is 10.1 Å². The molecule has 2 heterocycles. The molecular weight excluding hydrogens is 370 g/mol. The molecule has 0 aliphatic rings. The molecule has 0 radical (unpaired) electrons. The first-order valence-electron chi connectivity index (χ1n) is 7.65. The maximum Gasteiger partial charge on any atom is 0.266 e. The number of thiazole rings is 1. The fourth-order valence-electron chi connectivity index (χ4n) is 2.37. The third-order valence-corrected chi connectivity index (χ3v) is 5.90. The van der Waals surface area contributed by atoms with E-state index in [0.717, 1.165) is 34.3 Å². The molecule has 0 aliphatic heterocycles. The normalized spacial score (nSPS) is 11.4. The van der Waals surface area contributed by atoms with Crippen LogP contribution >= 0.6 is 11.3 Å². The van der Waals surface area contributed by atoms with Crippen LogP contribution in [0.3, 0.4) is 0 Å². The summed E-state index contributed by atoms with van der Waals surface area (Å²) in [5, 5.41) is 6.34. The Labute approximate surface area is 154 Å². The first-order valence-corrected chi connectivity index (χ1v) is 10.0. The summed E-state index contributed by atoms with van der Waals surface area (Å²) in [6.07, 6.45) is 2.23. The molecule has 0 spiro atoms. The Kier molecular flexibility index (Phi) is 4.27. The highest BCUT2D eigenvalue weighted by Gasteiger charge is 2.16. The molecule has 0 atom stereocenters. The molecular formula is C18H13N3O3S2. The average Bonchev–Trinajstić information content (AvgIpc) is 3.35. The van der Waals surface area contributed by atoms with Gasteiger partial charge in [0, 0.05) is 22.2 Å². The van der Waals surface area contributed by atoms with Gasteiger partial charge in [0.2, 0.25) is 0 Å². The zero-order chi connectivity index (χ0) is 18.0. The van der Waals surface area contributed by atoms with Crippen molar-refractivity contribution < 1.29 is 12.9 Å². The lowest BCUT2D eigenvalue weighted by Crippen LogP contribution is -2.11. The van der Waals surface area contributed by atoms with Gasteiger partial charge in [0.25, 0.3) is 10.0 Å². The van der Waals surface area contributed by atoms with Crippen LogP contribution in [0.25, 0.3) is 21.8 Å². The highest BCUT2D eigenvalue weighted by atomic mass is 32.2. The highest BCUT2D eigenvalue weighted by Crippen LogP contribution is 2.29. The smallest absolute Gasteiger partial charge is 0.266 e. The lowest BCUT2D eigenvalue weighted by atomic mass is 10.1. The lowest BCUT2D eigenvalue weighted by Gasteiger charge is -2.06. The lowest BCUT2D eigenvalue weighted by molar-refractivity contribution is 0.417. The van der Waals surface area contributed by atoms with Gasteiger partial charge < -0.3 is 4.52 Å². The van der Waals surface area contributed by atoms with E-state index in [0.29, 0.717) is 5.69 Å². The minimum absolute atomic E-state index is 0.0198. The van der Waals surface area contributed by atoms with E-state index in [1.165, 1.54) is 0 Å². The molecule has 0 unspecified atom stereocenters. The van der Waals surface area contributed by atoms with Gasteiger partial charge in [-0.15, -0.1) is 11.3 Å². The molecule has 1 N–H and O–H groups in total. The Morgan fingerprint density at radius 3 is 2.42 bits per heavy atom. The maximum atomic E-state index is 12.2. The van der Waals surface area contributed by atoms with Crippen LogP contribution in [0, 0.1) is 0 Å². The van der Waals surface area contributed by atoms with Gasteiger partial charge in [-0.3, -0.25) is 4.72 Å². The molecule has 2 aromatic carbocycles. The first-order chi connectivity index (χ1) is 12.6. The van der Waals surface area contributed by atoms with Crippen LogP contribution in [-0.4, -0.2) is 18.6 Å². The van der Waals surface area contributed by atoms with Crippen LogP contribution in [-0.2, 0) is 10.0 Å². The Bertz CT molecular complexity index is 1100. The zero-order valence-corrected chi connectivity index (χ0v) is 15.0. The Balaban J connectivity index is 1.54. The van der Waals surface area contributed by atoms with Crippen molar-refractivity contribution in [1.29, 1.82) is 0 Å². The van der Waals surface area contributed by atoms with Crippen LogP contribution < -0.4 is 4.72 Å². The van der Waals surface area contributed by atoms with Crippen LogP contribution in [0.2, 0.25) is 0 Å². The van der Waals surface area contributed by atoms with E-state index in [4.69, 9.17) is 0 Å². The number of hydrogen-bond acceptors (Lipinski definition) is 6. The molecule has 0 amide bonds. The van der Waals surface area contributed by atoms with E-state index in [-0.39, 0.29) is 4.90 Å². The minimum Gasteiger partial charge on any atom is -0.363 e. The summed E-state index contributed by atoms with van der Waals surface area (Å²) >= 11 is 1.57. The van der Waals surface area contributed by atoms with Gasteiger partial charge in [0.15, 0.2) is 0 Å². The number of sulfonamides is 1. The molecule has 26 heavy (non-hydrogen) atoms. The second-order valence-electron chi connectivity index (χ2n) is 5.45. The van der Waals surface area contributed by atoms with Crippen molar-refractivity contribution in [3.8, 4) is 21.8 Å². The number of anilines is 1. The van der Waals surface area contributed by atoms with Crippen LogP contribution in [0.15, 0.2) is 81.9 Å². The molecule has 4 aromatic rings. The van der Waals surface area contributed by atoms with E-state index in [2.05, 4.69) is 19.4 Å². The molecule has 130 valence electrons. The molecule has 0 saturated heterocycles. The number of hydrogen-bond donors (Lipinski definition) is 1. The SMILES string of the molecule is O=S(=O)(Nc1ccc(-c2csc(-c3ccccc3)n2)cc1)c1cnoc1. The van der Waals surface area contributed by atoms with Gasteiger partial charge >= 0.3 is 0 Å². The summed E-state index contributed by atoms with van der Waals surface area (Å²) < 4.78 is 31.4. The van der Waals surface area contributed by atoms with Crippen molar-refractivity contribution in [3.63, 3.8) is 0 Å². The summed E-state index contributed by atoms with van der Waals surface area (Å²) in [6.45, 7) is 0. The Hall–Kier alpha value is -2.97. The molecule has 8 heteroatoms. The number of nitrogens with one attached hydrogen (secondary N) is 1. The largest absolute Gasteiger partial charge is 0.363 e. The van der Waals surface area contributed by atoms with E-state index in [1.807, 2.05) is 47.8 Å². The second kappa shape index (κ2) is 6.74. The van der Waals surface area contributed by atoms with Crippen molar-refractivity contribution in [2.75, 3.05) is 4.72 Å². The van der Waals surface area contributed by atoms with Crippen LogP contribution in [0.1, 0.15) is 0 Å². The van der Waals surface area contributed by atoms with Crippen molar-refractivity contribution in [2.45, 2.75) is 4.90 Å². The summed E-state index contributed by atoms with van der Waals surface area (Å²) in [5.41, 5.74) is 3.29. The molecule has 4 rings (SSSR count). The van der Waals surface area contributed by atoms with Crippen molar-refractivity contribution in [3.05, 3.63) is 72.4 Å². The van der Waals surface area contributed by atoms with Gasteiger partial charge in [-0.05, 0) is 12.1 Å². The van der Waals surface area contributed by atoms with Gasteiger partial charge in [-0.2, -0.15) is 0 Å². The fourth-order valence-corrected chi connectivity index (χ4v) is 4.12. The summed E-state index contributed by atoms with van der Waals surface area (Å²) in [6, 6.07) is 17.0.